The van der Waals surface area contributed by atoms with Gasteiger partial charge in [0.15, 0.2) is 9.84 Å². The highest BCUT2D eigenvalue weighted by atomic mass is 32.2. The Morgan fingerprint density at radius 2 is 1.81 bits per heavy atom. The van der Waals surface area contributed by atoms with Gasteiger partial charge < -0.3 is 10.1 Å². The Hall–Kier alpha value is -3.96. The highest BCUT2D eigenvalue weighted by Crippen LogP contribution is 2.41. The number of aryl methyl sites for hydroxylation is 2. The fraction of sp³-hybridized carbons (Fsp3) is 0.154. The Labute approximate surface area is 217 Å². The van der Waals surface area contributed by atoms with Crippen molar-refractivity contribution in [2.45, 2.75) is 29.4 Å². The summed E-state index contributed by atoms with van der Waals surface area (Å²) in [6.45, 7) is 3.73. The van der Waals surface area contributed by atoms with Gasteiger partial charge in [0.2, 0.25) is 0 Å². The Balaban J connectivity index is 1.69. The Morgan fingerprint density at radius 3 is 2.46 bits per heavy atom. The lowest BCUT2D eigenvalue weighted by Gasteiger charge is -2.20. The van der Waals surface area contributed by atoms with Crippen LogP contribution in [0.4, 0.5) is 11.4 Å². The largest absolute Gasteiger partial charge is 0.465 e. The first-order chi connectivity index (χ1) is 17.5. The molecule has 0 saturated carbocycles. The minimum Gasteiger partial charge on any atom is -0.465 e. The molecule has 1 amide bonds. The molecule has 1 heterocycles. The number of methoxy groups -OCH3 is 1. The number of hydrogen-bond acceptors (Lipinski definition) is 8. The Bertz CT molecular complexity index is 1570. The van der Waals surface area contributed by atoms with Crippen LogP contribution in [0.2, 0.25) is 0 Å². The van der Waals surface area contributed by atoms with E-state index < -0.39 is 26.6 Å². The topological polar surface area (TPSA) is 133 Å². The number of esters is 1. The zero-order valence-corrected chi connectivity index (χ0v) is 21.7. The molecule has 11 heteroatoms. The van der Waals surface area contributed by atoms with Gasteiger partial charge in [-0.25, -0.2) is 13.2 Å². The van der Waals surface area contributed by atoms with Crippen LogP contribution in [-0.4, -0.2) is 32.3 Å². The van der Waals surface area contributed by atoms with Gasteiger partial charge in [-0.15, -0.1) is 0 Å². The standard InChI is InChI=1S/C26H22N2O7S2/c1-15-5-4-6-16(2)20(15)14-37(33,34)19-9-10-21-23(13-19)36-24(25(29)27-21)12-17-7-8-18(26(30)35-3)11-22(17)28(31)32/h4-13H,14H2,1-3H3,(H,27,29)/b24-12-. The van der Waals surface area contributed by atoms with Crippen LogP contribution in [0.5, 0.6) is 0 Å². The number of hydrogen-bond donors (Lipinski definition) is 1. The molecule has 0 unspecified atom stereocenters. The van der Waals surface area contributed by atoms with Gasteiger partial charge in [-0.1, -0.05) is 30.0 Å². The number of carbonyl (C=O) groups is 2. The monoisotopic (exact) mass is 538 g/mol. The highest BCUT2D eigenvalue weighted by Gasteiger charge is 2.26. The van der Waals surface area contributed by atoms with Gasteiger partial charge in [0.25, 0.3) is 11.6 Å². The predicted molar refractivity (Wildman–Crippen MR) is 140 cm³/mol. The van der Waals surface area contributed by atoms with Crippen molar-refractivity contribution in [3.8, 4) is 0 Å². The van der Waals surface area contributed by atoms with Gasteiger partial charge in [0.05, 0.1) is 44.4 Å². The summed E-state index contributed by atoms with van der Waals surface area (Å²) in [4.78, 5) is 36.1. The molecule has 1 aliphatic heterocycles. The summed E-state index contributed by atoms with van der Waals surface area (Å²) in [5.41, 5.74) is 2.68. The van der Waals surface area contributed by atoms with E-state index >= 15 is 0 Å². The second kappa shape index (κ2) is 10.2. The molecule has 0 atom stereocenters. The minimum atomic E-state index is -3.69. The summed E-state index contributed by atoms with van der Waals surface area (Å²) in [6.07, 6.45) is 1.33. The van der Waals surface area contributed by atoms with Crippen LogP contribution in [0, 0.1) is 24.0 Å². The first-order valence-corrected chi connectivity index (χ1v) is 13.5. The number of anilines is 1. The summed E-state index contributed by atoms with van der Waals surface area (Å²) >= 11 is 1.01. The lowest BCUT2D eigenvalue weighted by molar-refractivity contribution is -0.385. The number of nitro benzene ring substituents is 1. The van der Waals surface area contributed by atoms with E-state index in [1.54, 1.807) is 0 Å². The van der Waals surface area contributed by atoms with E-state index in [1.807, 2.05) is 32.0 Å². The van der Waals surface area contributed by atoms with Gasteiger partial charge in [-0.05, 0) is 66.9 Å². The Kier molecular flexibility index (Phi) is 7.19. The molecule has 0 fully saturated rings. The molecular formula is C26H22N2O7S2. The van der Waals surface area contributed by atoms with Crippen LogP contribution in [0.1, 0.15) is 32.6 Å². The number of thioether (sulfide) groups is 1. The van der Waals surface area contributed by atoms with Crippen LogP contribution in [-0.2, 0) is 25.1 Å². The van der Waals surface area contributed by atoms with Gasteiger partial charge in [0.1, 0.15) is 0 Å². The number of ether oxygens (including phenoxy) is 1. The first-order valence-electron chi connectivity index (χ1n) is 11.0. The second-order valence-electron chi connectivity index (χ2n) is 8.37. The molecule has 0 aromatic heterocycles. The maximum absolute atomic E-state index is 13.2. The molecule has 0 aliphatic carbocycles. The number of benzene rings is 3. The van der Waals surface area contributed by atoms with Gasteiger partial charge in [-0.2, -0.15) is 0 Å². The van der Waals surface area contributed by atoms with E-state index in [1.165, 1.54) is 43.5 Å². The average molecular weight is 539 g/mol. The summed E-state index contributed by atoms with van der Waals surface area (Å²) in [5, 5.41) is 14.3. The first kappa shape index (κ1) is 26.1. The third-order valence-electron chi connectivity index (χ3n) is 5.92. The van der Waals surface area contributed by atoms with Crippen molar-refractivity contribution in [1.29, 1.82) is 0 Å². The summed E-state index contributed by atoms with van der Waals surface area (Å²) in [7, 11) is -2.53. The van der Waals surface area contributed by atoms with Crippen molar-refractivity contribution in [1.82, 2.24) is 0 Å². The zero-order chi connectivity index (χ0) is 26.9. The van der Waals surface area contributed by atoms with Crippen molar-refractivity contribution in [3.05, 3.63) is 97.4 Å². The lowest BCUT2D eigenvalue weighted by Crippen LogP contribution is -2.18. The van der Waals surface area contributed by atoms with Crippen LogP contribution < -0.4 is 5.32 Å². The van der Waals surface area contributed by atoms with E-state index in [-0.39, 0.29) is 32.4 Å². The molecule has 0 spiro atoms. The van der Waals surface area contributed by atoms with E-state index in [4.69, 9.17) is 0 Å². The van der Waals surface area contributed by atoms with Crippen molar-refractivity contribution in [2.75, 3.05) is 12.4 Å². The maximum atomic E-state index is 13.2. The molecule has 0 radical (unpaired) electrons. The third-order valence-corrected chi connectivity index (χ3v) is 8.64. The zero-order valence-electron chi connectivity index (χ0n) is 20.1. The normalized spacial score (nSPS) is 14.1. The Morgan fingerprint density at radius 1 is 1.11 bits per heavy atom. The molecule has 190 valence electrons. The van der Waals surface area contributed by atoms with Crippen LogP contribution in [0.15, 0.2) is 69.3 Å². The quantitative estimate of drug-likeness (QED) is 0.199. The molecule has 37 heavy (non-hydrogen) atoms. The van der Waals surface area contributed by atoms with Crippen molar-refractivity contribution >= 4 is 50.9 Å². The SMILES string of the molecule is COC(=O)c1ccc(/C=C2\Sc3cc(S(=O)(=O)Cc4c(C)cccc4C)ccc3NC2=O)c([N+](=O)[O-])c1. The summed E-state index contributed by atoms with van der Waals surface area (Å²) in [5.74, 6) is -1.38. The molecule has 3 aromatic rings. The molecule has 4 rings (SSSR count). The van der Waals surface area contributed by atoms with E-state index in [0.717, 1.165) is 34.5 Å². The fourth-order valence-corrected chi connectivity index (χ4v) is 6.52. The molecule has 3 aromatic carbocycles. The molecule has 0 saturated heterocycles. The fourth-order valence-electron chi connectivity index (χ4n) is 3.89. The smallest absolute Gasteiger partial charge is 0.338 e. The molecule has 0 bridgehead atoms. The maximum Gasteiger partial charge on any atom is 0.338 e. The van der Waals surface area contributed by atoms with Crippen molar-refractivity contribution in [3.63, 3.8) is 0 Å². The van der Waals surface area contributed by atoms with Gasteiger partial charge >= 0.3 is 5.97 Å². The number of carbonyl (C=O) groups excluding carboxylic acids is 2. The van der Waals surface area contributed by atoms with E-state index in [2.05, 4.69) is 10.1 Å². The number of nitrogens with zero attached hydrogens (tertiary/aromatic N) is 1. The van der Waals surface area contributed by atoms with Crippen LogP contribution in [0.3, 0.4) is 0 Å². The lowest BCUT2D eigenvalue weighted by atomic mass is 10.1. The van der Waals surface area contributed by atoms with Gasteiger partial charge in [0, 0.05) is 11.0 Å². The number of rotatable bonds is 6. The van der Waals surface area contributed by atoms with Crippen LogP contribution in [0.25, 0.3) is 6.08 Å². The number of fused-ring (bicyclic) bond motifs is 1. The minimum absolute atomic E-state index is 0.00109. The number of sulfone groups is 1. The summed E-state index contributed by atoms with van der Waals surface area (Å²) in [6, 6.07) is 13.9. The number of amides is 1. The molecular weight excluding hydrogens is 516 g/mol. The summed E-state index contributed by atoms with van der Waals surface area (Å²) < 4.78 is 31.1. The van der Waals surface area contributed by atoms with E-state index in [9.17, 15) is 28.1 Å². The second-order valence-corrected chi connectivity index (χ2v) is 11.4. The van der Waals surface area contributed by atoms with Crippen molar-refractivity contribution < 1.29 is 27.7 Å². The number of nitrogens with one attached hydrogen (secondary N) is 1. The third kappa shape index (κ3) is 5.42. The molecule has 1 N–H and O–H groups in total. The highest BCUT2D eigenvalue weighted by molar-refractivity contribution is 8.04. The predicted octanol–water partition coefficient (Wildman–Crippen LogP) is 5.06. The van der Waals surface area contributed by atoms with E-state index in [0.29, 0.717) is 10.6 Å². The molecule has 9 nitrogen and oxygen atoms in total. The van der Waals surface area contributed by atoms with Crippen LogP contribution >= 0.6 is 11.8 Å². The van der Waals surface area contributed by atoms with Gasteiger partial charge in [-0.3, -0.25) is 14.9 Å². The number of nitro groups is 1. The van der Waals surface area contributed by atoms with Crippen molar-refractivity contribution in [2.24, 2.45) is 0 Å². The average Bonchev–Trinajstić information content (AvgIpc) is 2.86. The molecule has 1 aliphatic rings.